The lowest BCUT2D eigenvalue weighted by molar-refractivity contribution is 0.233. The Hall–Kier alpha value is -1.22. The third kappa shape index (κ3) is 1.68. The maximum Gasteiger partial charge on any atom is 0.142 e. The first-order chi connectivity index (χ1) is 6.81. The number of hydrogen-bond acceptors (Lipinski definition) is 3. The number of rotatable bonds is 2. The van der Waals surface area contributed by atoms with E-state index in [-0.39, 0.29) is 12.6 Å². The van der Waals surface area contributed by atoms with Crippen LogP contribution in [-0.2, 0) is 0 Å². The van der Waals surface area contributed by atoms with Crippen LogP contribution in [0.1, 0.15) is 12.0 Å². The maximum absolute atomic E-state index is 8.84. The summed E-state index contributed by atoms with van der Waals surface area (Å²) in [4.78, 5) is 0. The van der Waals surface area contributed by atoms with Gasteiger partial charge in [0.05, 0.1) is 11.7 Å². The smallest absolute Gasteiger partial charge is 0.142 e. The van der Waals surface area contributed by atoms with Crippen molar-refractivity contribution in [3.05, 3.63) is 23.8 Å². The highest BCUT2D eigenvalue weighted by atomic mass is 16.5. The largest absolute Gasteiger partial charge is 0.489 e. The number of benzene rings is 1. The van der Waals surface area contributed by atoms with E-state index in [1.54, 1.807) is 0 Å². The third-order valence-corrected chi connectivity index (χ3v) is 2.50. The van der Waals surface area contributed by atoms with Gasteiger partial charge in [0.25, 0.3) is 0 Å². The van der Waals surface area contributed by atoms with Gasteiger partial charge in [-0.2, -0.15) is 0 Å². The fourth-order valence-electron chi connectivity index (χ4n) is 1.69. The molecule has 3 heteroatoms. The summed E-state index contributed by atoms with van der Waals surface area (Å²) < 4.78 is 5.60. The van der Waals surface area contributed by atoms with E-state index < -0.39 is 0 Å². The molecule has 0 amide bonds. The molecule has 14 heavy (non-hydrogen) atoms. The number of fused-ring (bicyclic) bond motifs is 1. The second-order valence-corrected chi connectivity index (χ2v) is 3.61. The Labute approximate surface area is 83.7 Å². The monoisotopic (exact) mass is 193 g/mol. The van der Waals surface area contributed by atoms with Crippen LogP contribution in [0.2, 0.25) is 0 Å². The molecule has 1 unspecified atom stereocenters. The highest BCUT2D eigenvalue weighted by molar-refractivity contribution is 5.63. The average molecular weight is 193 g/mol. The van der Waals surface area contributed by atoms with Gasteiger partial charge in [-0.05, 0) is 25.0 Å². The summed E-state index contributed by atoms with van der Waals surface area (Å²) in [5.74, 6) is 0.916. The molecule has 1 aliphatic rings. The fraction of sp³-hybridized carbons (Fsp3) is 0.455. The second kappa shape index (κ2) is 3.88. The Bertz CT molecular complexity index is 325. The molecular weight excluding hydrogens is 178 g/mol. The molecule has 0 fully saturated rings. The molecule has 76 valence electrons. The average Bonchev–Trinajstić information content (AvgIpc) is 2.20. The van der Waals surface area contributed by atoms with Gasteiger partial charge in [-0.1, -0.05) is 12.1 Å². The van der Waals surface area contributed by atoms with Crippen LogP contribution >= 0.6 is 0 Å². The highest BCUT2D eigenvalue weighted by Gasteiger charge is 2.19. The molecule has 0 bridgehead atoms. The van der Waals surface area contributed by atoms with Gasteiger partial charge in [0.1, 0.15) is 12.4 Å². The van der Waals surface area contributed by atoms with Gasteiger partial charge in [-0.3, -0.25) is 0 Å². The summed E-state index contributed by atoms with van der Waals surface area (Å²) in [7, 11) is 0. The first-order valence-corrected chi connectivity index (χ1v) is 4.91. The van der Waals surface area contributed by atoms with E-state index in [1.165, 1.54) is 5.56 Å². The molecule has 0 aliphatic carbocycles. The van der Waals surface area contributed by atoms with Gasteiger partial charge in [0.15, 0.2) is 0 Å². The lowest BCUT2D eigenvalue weighted by Gasteiger charge is -2.28. The van der Waals surface area contributed by atoms with Crippen molar-refractivity contribution in [3.63, 3.8) is 0 Å². The molecule has 3 nitrogen and oxygen atoms in total. The quantitative estimate of drug-likeness (QED) is 0.748. The number of ether oxygens (including phenoxy) is 1. The van der Waals surface area contributed by atoms with E-state index in [2.05, 4.69) is 18.3 Å². The summed E-state index contributed by atoms with van der Waals surface area (Å²) in [6.45, 7) is 2.88. The van der Waals surface area contributed by atoms with Crippen LogP contribution in [0, 0.1) is 6.92 Å². The zero-order valence-electron chi connectivity index (χ0n) is 8.29. The van der Waals surface area contributed by atoms with E-state index in [4.69, 9.17) is 9.84 Å². The fourth-order valence-corrected chi connectivity index (χ4v) is 1.69. The van der Waals surface area contributed by atoms with E-state index >= 15 is 0 Å². The summed E-state index contributed by atoms with van der Waals surface area (Å²) in [5.41, 5.74) is 2.25. The van der Waals surface area contributed by atoms with Gasteiger partial charge in [0.2, 0.25) is 0 Å². The van der Waals surface area contributed by atoms with Crippen molar-refractivity contribution in [1.82, 2.24) is 0 Å². The van der Waals surface area contributed by atoms with Gasteiger partial charge >= 0.3 is 0 Å². The van der Waals surface area contributed by atoms with Crippen molar-refractivity contribution < 1.29 is 9.84 Å². The van der Waals surface area contributed by atoms with Gasteiger partial charge in [0, 0.05) is 6.61 Å². The zero-order valence-corrected chi connectivity index (χ0v) is 8.29. The predicted octanol–water partition coefficient (Wildman–Crippen LogP) is 1.55. The number of aliphatic hydroxyl groups excluding tert-OH is 1. The van der Waals surface area contributed by atoms with Crippen LogP contribution in [0.15, 0.2) is 18.2 Å². The standard InChI is InChI=1S/C11H15NO2/c1-8-3-2-4-10-11(8)12-9(5-6-13)7-14-10/h2-4,9,12-13H,5-7H2,1H3. The van der Waals surface area contributed by atoms with Gasteiger partial charge in [-0.25, -0.2) is 0 Å². The Morgan fingerprint density at radius 1 is 1.57 bits per heavy atom. The van der Waals surface area contributed by atoms with Crippen molar-refractivity contribution in [1.29, 1.82) is 0 Å². The van der Waals surface area contributed by atoms with Crippen LogP contribution < -0.4 is 10.1 Å². The number of para-hydroxylation sites is 1. The molecule has 1 aliphatic heterocycles. The molecule has 0 spiro atoms. The van der Waals surface area contributed by atoms with Gasteiger partial charge in [-0.15, -0.1) is 0 Å². The van der Waals surface area contributed by atoms with E-state index in [0.29, 0.717) is 6.61 Å². The molecule has 0 saturated heterocycles. The van der Waals surface area contributed by atoms with E-state index in [1.807, 2.05) is 12.1 Å². The molecule has 2 N–H and O–H groups in total. The maximum atomic E-state index is 8.84. The Morgan fingerprint density at radius 3 is 3.21 bits per heavy atom. The summed E-state index contributed by atoms with van der Waals surface area (Å²) in [5, 5.41) is 12.2. The topological polar surface area (TPSA) is 41.5 Å². The van der Waals surface area contributed by atoms with E-state index in [0.717, 1.165) is 17.9 Å². The van der Waals surface area contributed by atoms with Crippen molar-refractivity contribution in [2.45, 2.75) is 19.4 Å². The lowest BCUT2D eigenvalue weighted by Crippen LogP contribution is -2.32. The number of nitrogens with one attached hydrogen (secondary N) is 1. The van der Waals surface area contributed by atoms with Crippen LogP contribution in [0.25, 0.3) is 0 Å². The number of aryl methyl sites for hydroxylation is 1. The molecule has 0 saturated carbocycles. The zero-order chi connectivity index (χ0) is 9.97. The minimum atomic E-state index is 0.197. The van der Waals surface area contributed by atoms with Crippen LogP contribution in [0.3, 0.4) is 0 Å². The molecule has 1 heterocycles. The Balaban J connectivity index is 2.20. The van der Waals surface area contributed by atoms with Gasteiger partial charge < -0.3 is 15.2 Å². The molecular formula is C11H15NO2. The number of hydrogen-bond donors (Lipinski definition) is 2. The highest BCUT2D eigenvalue weighted by Crippen LogP contribution is 2.32. The molecule has 1 aromatic carbocycles. The molecule has 1 atom stereocenters. The van der Waals surface area contributed by atoms with Crippen molar-refractivity contribution in [2.75, 3.05) is 18.5 Å². The number of aliphatic hydroxyl groups is 1. The van der Waals surface area contributed by atoms with Crippen molar-refractivity contribution >= 4 is 5.69 Å². The normalized spacial score (nSPS) is 19.4. The lowest BCUT2D eigenvalue weighted by atomic mass is 10.1. The van der Waals surface area contributed by atoms with Crippen molar-refractivity contribution in [3.8, 4) is 5.75 Å². The minimum absolute atomic E-state index is 0.197. The van der Waals surface area contributed by atoms with Crippen molar-refractivity contribution in [2.24, 2.45) is 0 Å². The van der Waals surface area contributed by atoms with Crippen LogP contribution in [0.5, 0.6) is 5.75 Å². The first-order valence-electron chi connectivity index (χ1n) is 4.91. The molecule has 1 aromatic rings. The first kappa shape index (κ1) is 9.34. The summed E-state index contributed by atoms with van der Waals surface area (Å²) in [6, 6.07) is 6.23. The summed E-state index contributed by atoms with van der Waals surface area (Å²) in [6.07, 6.45) is 0.730. The van der Waals surface area contributed by atoms with Crippen LogP contribution in [-0.4, -0.2) is 24.4 Å². The third-order valence-electron chi connectivity index (χ3n) is 2.50. The molecule has 0 aromatic heterocycles. The number of anilines is 1. The predicted molar refractivity (Wildman–Crippen MR) is 55.8 cm³/mol. The molecule has 0 radical (unpaired) electrons. The van der Waals surface area contributed by atoms with Crippen LogP contribution in [0.4, 0.5) is 5.69 Å². The molecule has 2 rings (SSSR count). The summed E-state index contributed by atoms with van der Waals surface area (Å²) >= 11 is 0. The Morgan fingerprint density at radius 2 is 2.43 bits per heavy atom. The Kier molecular flexibility index (Phi) is 2.59. The minimum Gasteiger partial charge on any atom is -0.489 e. The second-order valence-electron chi connectivity index (χ2n) is 3.61. The SMILES string of the molecule is Cc1cccc2c1NC(CCO)CO2. The van der Waals surface area contributed by atoms with E-state index in [9.17, 15) is 0 Å².